The second kappa shape index (κ2) is 5.54. The van der Waals surface area contributed by atoms with E-state index in [0.29, 0.717) is 23.4 Å². The summed E-state index contributed by atoms with van der Waals surface area (Å²) < 4.78 is 10.5. The minimum absolute atomic E-state index is 0. The molecule has 2 aromatic heterocycles. The van der Waals surface area contributed by atoms with Gasteiger partial charge in [0.15, 0.2) is 5.76 Å². The van der Waals surface area contributed by atoms with Crippen LogP contribution in [0.25, 0.3) is 11.6 Å². The number of rotatable bonds is 2. The van der Waals surface area contributed by atoms with Gasteiger partial charge in [-0.3, -0.25) is 0 Å². The Morgan fingerprint density at radius 3 is 2.94 bits per heavy atom. The van der Waals surface area contributed by atoms with Gasteiger partial charge in [0, 0.05) is 12.0 Å². The van der Waals surface area contributed by atoms with Crippen LogP contribution in [0, 0.1) is 0 Å². The number of halogens is 1. The molecule has 98 valence electrons. The van der Waals surface area contributed by atoms with Crippen LogP contribution < -0.4 is 5.73 Å². The van der Waals surface area contributed by atoms with Crippen molar-refractivity contribution in [2.24, 2.45) is 5.73 Å². The van der Waals surface area contributed by atoms with Crippen LogP contribution in [0.5, 0.6) is 0 Å². The predicted molar refractivity (Wildman–Crippen MR) is 68.4 cm³/mol. The van der Waals surface area contributed by atoms with Crippen molar-refractivity contribution in [1.29, 1.82) is 0 Å². The van der Waals surface area contributed by atoms with Crippen LogP contribution in [-0.4, -0.2) is 16.2 Å². The Kier molecular flexibility index (Phi) is 4.04. The third-order valence-electron chi connectivity index (χ3n) is 3.25. The van der Waals surface area contributed by atoms with Gasteiger partial charge < -0.3 is 14.7 Å². The van der Waals surface area contributed by atoms with Gasteiger partial charge in [0.05, 0.1) is 6.26 Å². The van der Waals surface area contributed by atoms with Gasteiger partial charge in [-0.2, -0.15) is 4.98 Å². The fourth-order valence-electron chi connectivity index (χ4n) is 2.36. The third-order valence-corrected chi connectivity index (χ3v) is 3.25. The maximum absolute atomic E-state index is 5.96. The summed E-state index contributed by atoms with van der Waals surface area (Å²) in [5.74, 6) is 2.14. The van der Waals surface area contributed by atoms with E-state index in [1.807, 2.05) is 12.1 Å². The van der Waals surface area contributed by atoms with Crippen LogP contribution in [0.4, 0.5) is 0 Å². The third kappa shape index (κ3) is 2.57. The van der Waals surface area contributed by atoms with E-state index >= 15 is 0 Å². The molecule has 6 heteroatoms. The van der Waals surface area contributed by atoms with Gasteiger partial charge in [-0.25, -0.2) is 0 Å². The smallest absolute Gasteiger partial charge is 0.238 e. The predicted octanol–water partition coefficient (Wildman–Crippen LogP) is 2.74. The zero-order valence-electron chi connectivity index (χ0n) is 9.91. The van der Waals surface area contributed by atoms with E-state index in [0.717, 1.165) is 25.7 Å². The van der Waals surface area contributed by atoms with E-state index in [2.05, 4.69) is 10.1 Å². The SMILES string of the molecule is Cl.NC1CCCC(c2nc(-c3ccco3)no2)C1. The monoisotopic (exact) mass is 269 g/mol. The minimum atomic E-state index is 0. The van der Waals surface area contributed by atoms with Gasteiger partial charge in [0.25, 0.3) is 0 Å². The Morgan fingerprint density at radius 2 is 2.22 bits per heavy atom. The first-order valence-corrected chi connectivity index (χ1v) is 5.96. The summed E-state index contributed by atoms with van der Waals surface area (Å²) in [6.45, 7) is 0. The van der Waals surface area contributed by atoms with Crippen molar-refractivity contribution in [3.05, 3.63) is 24.3 Å². The van der Waals surface area contributed by atoms with Gasteiger partial charge >= 0.3 is 0 Å². The standard InChI is InChI=1S/C12H15N3O2.ClH/c13-9-4-1-3-8(7-9)12-14-11(15-17-12)10-5-2-6-16-10;/h2,5-6,8-9H,1,3-4,7,13H2;1H. The van der Waals surface area contributed by atoms with Crippen LogP contribution in [-0.2, 0) is 0 Å². The molecule has 2 aromatic rings. The number of aromatic nitrogens is 2. The summed E-state index contributed by atoms with van der Waals surface area (Å²) in [6.07, 6.45) is 5.83. The molecule has 2 unspecified atom stereocenters. The molecule has 0 bridgehead atoms. The zero-order chi connectivity index (χ0) is 11.7. The van der Waals surface area contributed by atoms with Crippen LogP contribution >= 0.6 is 12.4 Å². The topological polar surface area (TPSA) is 78.1 Å². The second-order valence-electron chi connectivity index (χ2n) is 4.56. The first-order valence-electron chi connectivity index (χ1n) is 5.96. The molecular formula is C12H16ClN3O2. The molecule has 0 amide bonds. The molecule has 3 rings (SSSR count). The fraction of sp³-hybridized carbons (Fsp3) is 0.500. The molecule has 0 spiro atoms. The lowest BCUT2D eigenvalue weighted by molar-refractivity contribution is 0.298. The summed E-state index contributed by atoms with van der Waals surface area (Å²) in [6, 6.07) is 3.89. The molecule has 2 N–H and O–H groups in total. The molecule has 1 saturated carbocycles. The molecule has 0 saturated heterocycles. The molecule has 1 aliphatic rings. The van der Waals surface area contributed by atoms with Crippen molar-refractivity contribution < 1.29 is 8.94 Å². The van der Waals surface area contributed by atoms with Crippen molar-refractivity contribution >= 4 is 12.4 Å². The van der Waals surface area contributed by atoms with Crippen molar-refractivity contribution in [1.82, 2.24) is 10.1 Å². The normalized spacial score (nSPS) is 23.6. The molecule has 0 aliphatic heterocycles. The molecule has 2 atom stereocenters. The number of hydrogen-bond donors (Lipinski definition) is 1. The summed E-state index contributed by atoms with van der Waals surface area (Å²) >= 11 is 0. The number of nitrogens with two attached hydrogens (primary N) is 1. The van der Waals surface area contributed by atoms with Gasteiger partial charge in [0.1, 0.15) is 0 Å². The van der Waals surface area contributed by atoms with Gasteiger partial charge in [-0.1, -0.05) is 11.6 Å². The molecule has 1 fully saturated rings. The molecule has 5 nitrogen and oxygen atoms in total. The molecular weight excluding hydrogens is 254 g/mol. The molecule has 0 aromatic carbocycles. The lowest BCUT2D eigenvalue weighted by atomic mass is 9.86. The van der Waals surface area contributed by atoms with Crippen molar-refractivity contribution in [2.75, 3.05) is 0 Å². The van der Waals surface area contributed by atoms with Crippen molar-refractivity contribution in [2.45, 2.75) is 37.6 Å². The van der Waals surface area contributed by atoms with Crippen LogP contribution in [0.3, 0.4) is 0 Å². The lowest BCUT2D eigenvalue weighted by Gasteiger charge is -2.23. The van der Waals surface area contributed by atoms with Crippen LogP contribution in [0.1, 0.15) is 37.5 Å². The maximum Gasteiger partial charge on any atom is 0.238 e. The van der Waals surface area contributed by atoms with Crippen LogP contribution in [0.2, 0.25) is 0 Å². The van der Waals surface area contributed by atoms with E-state index < -0.39 is 0 Å². The fourth-order valence-corrected chi connectivity index (χ4v) is 2.36. The number of hydrogen-bond acceptors (Lipinski definition) is 5. The number of nitrogens with zero attached hydrogens (tertiary/aromatic N) is 2. The zero-order valence-corrected chi connectivity index (χ0v) is 10.7. The average Bonchev–Trinajstić information content (AvgIpc) is 3.00. The first kappa shape index (κ1) is 13.1. The van der Waals surface area contributed by atoms with Crippen molar-refractivity contribution in [3.63, 3.8) is 0 Å². The van der Waals surface area contributed by atoms with Gasteiger partial charge in [0.2, 0.25) is 11.7 Å². The summed E-state index contributed by atoms with van der Waals surface area (Å²) in [4.78, 5) is 4.38. The highest BCUT2D eigenvalue weighted by atomic mass is 35.5. The average molecular weight is 270 g/mol. The van der Waals surface area contributed by atoms with E-state index in [4.69, 9.17) is 14.7 Å². The molecule has 18 heavy (non-hydrogen) atoms. The summed E-state index contributed by atoms with van der Waals surface area (Å²) in [7, 11) is 0. The van der Waals surface area contributed by atoms with E-state index in [9.17, 15) is 0 Å². The van der Waals surface area contributed by atoms with Gasteiger partial charge in [-0.15, -0.1) is 12.4 Å². The highest BCUT2D eigenvalue weighted by Crippen LogP contribution is 2.32. The summed E-state index contributed by atoms with van der Waals surface area (Å²) in [5.41, 5.74) is 5.96. The summed E-state index contributed by atoms with van der Waals surface area (Å²) in [5, 5.41) is 3.94. The highest BCUT2D eigenvalue weighted by molar-refractivity contribution is 5.85. The van der Waals surface area contributed by atoms with E-state index in [-0.39, 0.29) is 18.4 Å². The Bertz CT molecular complexity index is 483. The highest BCUT2D eigenvalue weighted by Gasteiger charge is 2.26. The minimum Gasteiger partial charge on any atom is -0.461 e. The Balaban J connectivity index is 0.00000120. The molecule has 2 heterocycles. The second-order valence-corrected chi connectivity index (χ2v) is 4.56. The Hall–Kier alpha value is -1.33. The Labute approximate surface area is 111 Å². The van der Waals surface area contributed by atoms with E-state index in [1.165, 1.54) is 0 Å². The molecule has 0 radical (unpaired) electrons. The quantitative estimate of drug-likeness (QED) is 0.907. The maximum atomic E-state index is 5.96. The first-order chi connectivity index (χ1) is 8.33. The Morgan fingerprint density at radius 1 is 1.33 bits per heavy atom. The van der Waals surface area contributed by atoms with Crippen LogP contribution in [0.15, 0.2) is 27.3 Å². The van der Waals surface area contributed by atoms with E-state index in [1.54, 1.807) is 6.26 Å². The molecule has 1 aliphatic carbocycles. The van der Waals surface area contributed by atoms with Crippen molar-refractivity contribution in [3.8, 4) is 11.6 Å². The van der Waals surface area contributed by atoms with Gasteiger partial charge in [-0.05, 0) is 31.4 Å². The number of furan rings is 1. The largest absolute Gasteiger partial charge is 0.461 e. The lowest BCUT2D eigenvalue weighted by Crippen LogP contribution is -2.26.